The fraction of sp³-hybridized carbons (Fsp3) is 0.524. The molecule has 0 saturated carbocycles. The smallest absolute Gasteiger partial charge is 0.262 e. The van der Waals surface area contributed by atoms with Gasteiger partial charge in [-0.15, -0.1) is 0 Å². The molecule has 0 bridgehead atoms. The van der Waals surface area contributed by atoms with Crippen LogP contribution in [0, 0.1) is 11.8 Å². The molecular weight excluding hydrogens is 403 g/mol. The number of nitrogens with zero attached hydrogens (tertiary/aromatic N) is 4. The summed E-state index contributed by atoms with van der Waals surface area (Å²) in [6.07, 6.45) is 3.82. The lowest BCUT2D eigenvalue weighted by Gasteiger charge is -2.20. The van der Waals surface area contributed by atoms with Crippen molar-refractivity contribution in [2.45, 2.75) is 26.0 Å². The number of hydrogen-bond donors (Lipinski definition) is 2. The van der Waals surface area contributed by atoms with Crippen LogP contribution in [0.2, 0.25) is 0 Å². The highest BCUT2D eigenvalue weighted by atomic mass is 19.1. The van der Waals surface area contributed by atoms with E-state index >= 15 is 0 Å². The van der Waals surface area contributed by atoms with Crippen LogP contribution in [0.1, 0.15) is 24.2 Å². The quantitative estimate of drug-likeness (QED) is 0.727. The Morgan fingerprint density at radius 1 is 1.39 bits per heavy atom. The van der Waals surface area contributed by atoms with Crippen LogP contribution in [-0.2, 0) is 4.74 Å². The molecule has 9 nitrogen and oxygen atoms in total. The molecule has 31 heavy (non-hydrogen) atoms. The van der Waals surface area contributed by atoms with Gasteiger partial charge in [-0.3, -0.25) is 4.79 Å². The number of allylic oxidation sites excluding steroid dienone is 1. The highest BCUT2D eigenvalue weighted by molar-refractivity contribution is 5.97. The van der Waals surface area contributed by atoms with Gasteiger partial charge in [0.2, 0.25) is 11.8 Å². The Labute approximate surface area is 179 Å². The van der Waals surface area contributed by atoms with Crippen molar-refractivity contribution in [3.8, 4) is 5.88 Å². The molecule has 0 aromatic carbocycles. The lowest BCUT2D eigenvalue weighted by atomic mass is 10.0. The van der Waals surface area contributed by atoms with Gasteiger partial charge in [0, 0.05) is 45.0 Å². The summed E-state index contributed by atoms with van der Waals surface area (Å²) in [6.45, 7) is 7.65. The molecule has 0 spiro atoms. The standard InChI is InChI=1S/C21H25FN6O3/c1-3-30-20-15(8-24-21(27-20)28-9-12-6-23-7-13(12)10-28)19(29)26-14-4-16(22)18-17(5-14)31-11(2)25-18/h4-5,8,12-13,17-18,23H,3,6-7,9-10H2,1-2H3,(H,26,29). The Balaban J connectivity index is 1.33. The van der Waals surface area contributed by atoms with Gasteiger partial charge in [0.05, 0.1) is 6.61 Å². The maximum absolute atomic E-state index is 14.4. The number of nitrogens with one attached hydrogen (secondary N) is 2. The summed E-state index contributed by atoms with van der Waals surface area (Å²) in [5.41, 5.74) is 0.503. The molecule has 1 aromatic heterocycles. The van der Waals surface area contributed by atoms with Crippen molar-refractivity contribution in [2.24, 2.45) is 16.8 Å². The van der Waals surface area contributed by atoms with E-state index in [9.17, 15) is 9.18 Å². The molecule has 5 rings (SSSR count). The van der Waals surface area contributed by atoms with E-state index in [1.807, 2.05) is 6.92 Å². The molecule has 2 N–H and O–H groups in total. The minimum Gasteiger partial charge on any atom is -0.477 e. The number of fused-ring (bicyclic) bond motifs is 2. The van der Waals surface area contributed by atoms with Crippen molar-refractivity contribution in [2.75, 3.05) is 37.7 Å². The number of hydrogen-bond acceptors (Lipinski definition) is 8. The number of aliphatic imine (C=N–C) groups is 1. The molecule has 1 amide bonds. The molecule has 2 fully saturated rings. The Morgan fingerprint density at radius 3 is 2.90 bits per heavy atom. The number of aromatic nitrogens is 2. The lowest BCUT2D eigenvalue weighted by Crippen LogP contribution is -2.31. The van der Waals surface area contributed by atoms with Crippen LogP contribution in [0.5, 0.6) is 5.88 Å². The third-order valence-electron chi connectivity index (χ3n) is 6.06. The summed E-state index contributed by atoms with van der Waals surface area (Å²) < 4.78 is 25.5. The molecule has 164 valence electrons. The van der Waals surface area contributed by atoms with Crippen molar-refractivity contribution >= 4 is 17.8 Å². The summed E-state index contributed by atoms with van der Waals surface area (Å²) in [7, 11) is 0. The van der Waals surface area contributed by atoms with E-state index in [0.717, 1.165) is 26.2 Å². The van der Waals surface area contributed by atoms with E-state index in [2.05, 4.69) is 30.5 Å². The van der Waals surface area contributed by atoms with E-state index < -0.39 is 23.9 Å². The van der Waals surface area contributed by atoms with Crippen LogP contribution in [0.3, 0.4) is 0 Å². The fourth-order valence-electron chi connectivity index (χ4n) is 4.57. The number of carbonyl (C=O) groups excluding carboxylic acids is 1. The number of carbonyl (C=O) groups is 1. The second-order valence-electron chi connectivity index (χ2n) is 8.19. The van der Waals surface area contributed by atoms with Gasteiger partial charge in [-0.1, -0.05) is 0 Å². The minimum absolute atomic E-state index is 0.197. The van der Waals surface area contributed by atoms with Gasteiger partial charge in [-0.05, 0) is 30.9 Å². The maximum Gasteiger partial charge on any atom is 0.262 e. The molecule has 4 aliphatic rings. The van der Waals surface area contributed by atoms with Crippen LogP contribution in [-0.4, -0.2) is 66.7 Å². The van der Waals surface area contributed by atoms with Crippen molar-refractivity contribution in [1.82, 2.24) is 20.6 Å². The van der Waals surface area contributed by atoms with Crippen molar-refractivity contribution in [1.29, 1.82) is 0 Å². The number of amides is 1. The summed E-state index contributed by atoms with van der Waals surface area (Å²) in [5.74, 6) is 1.47. The van der Waals surface area contributed by atoms with Gasteiger partial charge < -0.3 is 25.0 Å². The molecule has 10 heteroatoms. The predicted octanol–water partition coefficient (Wildman–Crippen LogP) is 1.20. The van der Waals surface area contributed by atoms with Gasteiger partial charge in [-0.25, -0.2) is 14.4 Å². The molecule has 4 unspecified atom stereocenters. The van der Waals surface area contributed by atoms with Gasteiger partial charge in [-0.2, -0.15) is 4.98 Å². The maximum atomic E-state index is 14.4. The molecule has 3 aliphatic heterocycles. The Hall–Kier alpha value is -3.01. The third-order valence-corrected chi connectivity index (χ3v) is 6.06. The van der Waals surface area contributed by atoms with Crippen molar-refractivity contribution < 1.29 is 18.7 Å². The molecule has 1 aromatic rings. The van der Waals surface area contributed by atoms with Gasteiger partial charge in [0.25, 0.3) is 5.91 Å². The molecule has 0 radical (unpaired) electrons. The summed E-state index contributed by atoms with van der Waals surface area (Å²) in [5, 5.41) is 6.12. The number of halogens is 1. The largest absolute Gasteiger partial charge is 0.477 e. The molecule has 1 aliphatic carbocycles. The lowest BCUT2D eigenvalue weighted by molar-refractivity contribution is 0.0961. The van der Waals surface area contributed by atoms with E-state index in [0.29, 0.717) is 36.0 Å². The summed E-state index contributed by atoms with van der Waals surface area (Å²) >= 11 is 0. The minimum atomic E-state index is -0.683. The van der Waals surface area contributed by atoms with Gasteiger partial charge in [0.15, 0.2) is 5.90 Å². The highest BCUT2D eigenvalue weighted by Crippen LogP contribution is 2.31. The average Bonchev–Trinajstić information content (AvgIpc) is 3.42. The van der Waals surface area contributed by atoms with E-state index in [1.165, 1.54) is 12.3 Å². The summed E-state index contributed by atoms with van der Waals surface area (Å²) in [6, 6.07) is -0.683. The Bertz CT molecular complexity index is 981. The van der Waals surface area contributed by atoms with Crippen LogP contribution < -0.4 is 20.3 Å². The normalized spacial score (nSPS) is 28.9. The molecule has 2 saturated heterocycles. The number of ether oxygens (including phenoxy) is 2. The van der Waals surface area contributed by atoms with Crippen LogP contribution in [0.25, 0.3) is 0 Å². The SMILES string of the molecule is CCOc1nc(N2CC3CNCC3C2)ncc1C(=O)NC1=CC2OC(C)=NC2C(F)=C1. The summed E-state index contributed by atoms with van der Waals surface area (Å²) in [4.78, 5) is 28.1. The van der Waals surface area contributed by atoms with Crippen molar-refractivity contribution in [3.05, 3.63) is 35.4 Å². The topological polar surface area (TPSA) is 101 Å². The van der Waals surface area contributed by atoms with Crippen LogP contribution in [0.4, 0.5) is 10.3 Å². The highest BCUT2D eigenvalue weighted by Gasteiger charge is 2.38. The third kappa shape index (κ3) is 3.76. The van der Waals surface area contributed by atoms with Gasteiger partial charge in [0.1, 0.15) is 23.5 Å². The average molecular weight is 428 g/mol. The van der Waals surface area contributed by atoms with E-state index in [-0.39, 0.29) is 11.4 Å². The zero-order valence-corrected chi connectivity index (χ0v) is 17.5. The first kappa shape index (κ1) is 19.9. The predicted molar refractivity (Wildman–Crippen MR) is 112 cm³/mol. The molecule has 4 heterocycles. The van der Waals surface area contributed by atoms with E-state index in [4.69, 9.17) is 9.47 Å². The second-order valence-corrected chi connectivity index (χ2v) is 8.19. The van der Waals surface area contributed by atoms with E-state index in [1.54, 1.807) is 13.0 Å². The zero-order chi connectivity index (χ0) is 21.5. The fourth-order valence-corrected chi connectivity index (χ4v) is 4.57. The van der Waals surface area contributed by atoms with Crippen LogP contribution in [0.15, 0.2) is 34.9 Å². The first-order valence-electron chi connectivity index (χ1n) is 10.6. The zero-order valence-electron chi connectivity index (χ0n) is 17.5. The second kappa shape index (κ2) is 7.92. The van der Waals surface area contributed by atoms with Crippen LogP contribution >= 0.6 is 0 Å². The Kier molecular flexibility index (Phi) is 5.09. The number of anilines is 1. The monoisotopic (exact) mass is 428 g/mol. The first-order valence-corrected chi connectivity index (χ1v) is 10.6. The van der Waals surface area contributed by atoms with Crippen molar-refractivity contribution in [3.63, 3.8) is 0 Å². The molecule has 4 atom stereocenters. The van der Waals surface area contributed by atoms with Gasteiger partial charge >= 0.3 is 0 Å². The molecular formula is C21H25FN6O3. The first-order chi connectivity index (χ1) is 15.0. The Morgan fingerprint density at radius 2 is 2.16 bits per heavy atom. The number of rotatable bonds is 5.